The number of carbonyl (C=O) groups is 2. The maximum Gasteiger partial charge on any atom is 0.326 e. The lowest BCUT2D eigenvalue weighted by Crippen LogP contribution is -2.42. The number of carbonyl (C=O) groups excluding carboxylic acids is 2. The smallest absolute Gasteiger partial charge is 0.326 e. The van der Waals surface area contributed by atoms with Crippen molar-refractivity contribution >= 4 is 11.9 Å². The molecule has 1 unspecified atom stereocenters. The van der Waals surface area contributed by atoms with Crippen molar-refractivity contribution in [1.82, 2.24) is 15.1 Å². The van der Waals surface area contributed by atoms with Crippen LogP contribution in [0.25, 0.3) is 0 Å². The molecule has 1 atom stereocenters. The van der Waals surface area contributed by atoms with Crippen molar-refractivity contribution in [2.45, 2.75) is 38.3 Å². The van der Waals surface area contributed by atoms with Crippen LogP contribution in [0.5, 0.6) is 5.75 Å². The summed E-state index contributed by atoms with van der Waals surface area (Å²) < 4.78 is 5.51. The van der Waals surface area contributed by atoms with Gasteiger partial charge in [-0.25, -0.2) is 9.69 Å². The zero-order chi connectivity index (χ0) is 22.0. The van der Waals surface area contributed by atoms with Crippen LogP contribution >= 0.6 is 0 Å². The van der Waals surface area contributed by atoms with Crippen molar-refractivity contribution in [3.63, 3.8) is 0 Å². The van der Waals surface area contributed by atoms with Gasteiger partial charge in [-0.05, 0) is 67.6 Å². The largest absolute Gasteiger partial charge is 0.490 e. The Morgan fingerprint density at radius 2 is 1.90 bits per heavy atom. The number of rotatable bonds is 8. The highest BCUT2D eigenvalue weighted by atomic mass is 16.5. The lowest BCUT2D eigenvalue weighted by atomic mass is 9.90. The third kappa shape index (κ3) is 4.21. The van der Waals surface area contributed by atoms with Crippen LogP contribution in [0.4, 0.5) is 4.79 Å². The van der Waals surface area contributed by atoms with Gasteiger partial charge in [-0.3, -0.25) is 9.69 Å². The number of benzene rings is 2. The maximum atomic E-state index is 13.3. The molecule has 6 heteroatoms. The molecule has 4 rings (SSSR count). The third-order valence-corrected chi connectivity index (χ3v) is 6.08. The van der Waals surface area contributed by atoms with Gasteiger partial charge in [0, 0.05) is 6.54 Å². The molecule has 2 aliphatic rings. The van der Waals surface area contributed by atoms with Crippen molar-refractivity contribution in [1.29, 1.82) is 0 Å². The molecule has 2 aromatic carbocycles. The molecule has 6 nitrogen and oxygen atoms in total. The minimum Gasteiger partial charge on any atom is -0.490 e. The van der Waals surface area contributed by atoms with E-state index in [1.165, 1.54) is 16.0 Å². The molecule has 1 aliphatic carbocycles. The molecule has 0 spiro atoms. The number of nitrogens with zero attached hydrogens (tertiary/aromatic N) is 2. The number of hydrogen-bond acceptors (Lipinski definition) is 4. The van der Waals surface area contributed by atoms with E-state index in [4.69, 9.17) is 4.74 Å². The van der Waals surface area contributed by atoms with Crippen LogP contribution in [-0.4, -0.2) is 42.1 Å². The van der Waals surface area contributed by atoms with Gasteiger partial charge in [-0.1, -0.05) is 43.0 Å². The molecule has 1 saturated heterocycles. The molecular weight excluding hydrogens is 390 g/mol. The number of ether oxygens (including phenoxy) is 1. The van der Waals surface area contributed by atoms with Gasteiger partial charge in [0.15, 0.2) is 0 Å². The van der Waals surface area contributed by atoms with E-state index in [0.29, 0.717) is 13.2 Å². The molecule has 1 heterocycles. The van der Waals surface area contributed by atoms with Gasteiger partial charge >= 0.3 is 6.03 Å². The Hall–Kier alpha value is -3.12. The molecule has 31 heavy (non-hydrogen) atoms. The summed E-state index contributed by atoms with van der Waals surface area (Å²) in [7, 11) is 1.90. The van der Waals surface area contributed by atoms with Crippen molar-refractivity contribution in [2.75, 3.05) is 20.3 Å². The molecular formula is C25H29N3O3. The Morgan fingerprint density at radius 1 is 1.16 bits per heavy atom. The number of hydrogen-bond donors (Lipinski definition) is 1. The van der Waals surface area contributed by atoms with Gasteiger partial charge in [-0.2, -0.15) is 0 Å². The van der Waals surface area contributed by atoms with E-state index in [0.717, 1.165) is 36.1 Å². The Morgan fingerprint density at radius 3 is 2.65 bits per heavy atom. The minimum atomic E-state index is -1.03. The average molecular weight is 420 g/mol. The third-order valence-electron chi connectivity index (χ3n) is 6.08. The second-order valence-electron chi connectivity index (χ2n) is 8.52. The highest BCUT2D eigenvalue weighted by Gasteiger charge is 2.49. The Labute approximate surface area is 183 Å². The van der Waals surface area contributed by atoms with Crippen LogP contribution in [0.15, 0.2) is 55.1 Å². The zero-order valence-corrected chi connectivity index (χ0v) is 18.2. The first-order valence-electron chi connectivity index (χ1n) is 10.7. The number of nitrogens with one attached hydrogen (secondary N) is 1. The summed E-state index contributed by atoms with van der Waals surface area (Å²) in [5.74, 6) is 0.570. The van der Waals surface area contributed by atoms with E-state index < -0.39 is 5.54 Å². The normalized spacial score (nSPS) is 20.2. The SMILES string of the molecule is C=CCOc1ccc(CN(C)CN2C(=O)NC(C)(c3ccc4c(c3)CCC4)C2=O)cc1. The lowest BCUT2D eigenvalue weighted by molar-refractivity contribution is -0.132. The topological polar surface area (TPSA) is 61.9 Å². The summed E-state index contributed by atoms with van der Waals surface area (Å²) in [5, 5.41) is 2.92. The van der Waals surface area contributed by atoms with Crippen LogP contribution in [0.2, 0.25) is 0 Å². The highest BCUT2D eigenvalue weighted by Crippen LogP contribution is 2.32. The molecule has 0 aromatic heterocycles. The Balaban J connectivity index is 1.42. The molecule has 1 fully saturated rings. The fourth-order valence-corrected chi connectivity index (χ4v) is 4.35. The van der Waals surface area contributed by atoms with Gasteiger partial charge in [0.1, 0.15) is 17.9 Å². The predicted molar refractivity (Wildman–Crippen MR) is 120 cm³/mol. The van der Waals surface area contributed by atoms with Gasteiger partial charge in [0.25, 0.3) is 5.91 Å². The summed E-state index contributed by atoms with van der Waals surface area (Å²) in [6.45, 7) is 6.73. The summed E-state index contributed by atoms with van der Waals surface area (Å²) in [6, 6.07) is 13.6. The molecule has 3 amide bonds. The Bertz CT molecular complexity index is 1000. The van der Waals surface area contributed by atoms with Crippen LogP contribution in [0, 0.1) is 0 Å². The van der Waals surface area contributed by atoms with Crippen LogP contribution < -0.4 is 10.1 Å². The van der Waals surface area contributed by atoms with Crippen LogP contribution in [0.3, 0.4) is 0 Å². The molecule has 1 N–H and O–H groups in total. The van der Waals surface area contributed by atoms with E-state index in [2.05, 4.69) is 24.0 Å². The summed E-state index contributed by atoms with van der Waals surface area (Å²) in [6.07, 6.45) is 4.97. The van der Waals surface area contributed by atoms with E-state index in [-0.39, 0.29) is 18.6 Å². The molecule has 0 radical (unpaired) electrons. The first-order valence-corrected chi connectivity index (χ1v) is 10.7. The van der Waals surface area contributed by atoms with Gasteiger partial charge in [0.05, 0.1) is 6.67 Å². The fourth-order valence-electron chi connectivity index (χ4n) is 4.35. The van der Waals surface area contributed by atoms with Crippen LogP contribution in [0.1, 0.15) is 35.6 Å². The maximum absolute atomic E-state index is 13.3. The standard InChI is InChI=1S/C25H29N3O3/c1-4-14-31-22-12-8-18(9-13-22)16-27(3)17-28-23(29)25(2,26-24(28)30)21-11-10-19-6-5-7-20(19)15-21/h4,8-13,15H,1,5-7,14,16-17H2,2-3H3,(H,26,30). The lowest BCUT2D eigenvalue weighted by Gasteiger charge is -2.25. The number of amides is 3. The minimum absolute atomic E-state index is 0.213. The second kappa shape index (κ2) is 8.55. The van der Waals surface area contributed by atoms with E-state index in [1.54, 1.807) is 13.0 Å². The van der Waals surface area contributed by atoms with Gasteiger partial charge in [0.2, 0.25) is 0 Å². The van der Waals surface area contributed by atoms with E-state index >= 15 is 0 Å². The average Bonchev–Trinajstić information content (AvgIpc) is 3.31. The van der Waals surface area contributed by atoms with E-state index in [1.807, 2.05) is 42.3 Å². The molecule has 162 valence electrons. The van der Waals surface area contributed by atoms with Crippen molar-refractivity contribution < 1.29 is 14.3 Å². The quantitative estimate of drug-likeness (QED) is 0.525. The second-order valence-corrected chi connectivity index (χ2v) is 8.52. The first kappa shape index (κ1) is 21.1. The summed E-state index contributed by atoms with van der Waals surface area (Å²) >= 11 is 0. The van der Waals surface area contributed by atoms with Crippen molar-refractivity contribution in [3.05, 3.63) is 77.4 Å². The number of aryl methyl sites for hydroxylation is 2. The Kier molecular flexibility index (Phi) is 5.83. The highest BCUT2D eigenvalue weighted by molar-refractivity contribution is 6.07. The molecule has 1 aliphatic heterocycles. The monoisotopic (exact) mass is 419 g/mol. The molecule has 0 bridgehead atoms. The van der Waals surface area contributed by atoms with Crippen molar-refractivity contribution in [3.8, 4) is 5.75 Å². The molecule has 0 saturated carbocycles. The van der Waals surface area contributed by atoms with Crippen molar-refractivity contribution in [2.24, 2.45) is 0 Å². The fraction of sp³-hybridized carbons (Fsp3) is 0.360. The number of urea groups is 1. The summed E-state index contributed by atoms with van der Waals surface area (Å²) in [4.78, 5) is 29.2. The van der Waals surface area contributed by atoms with E-state index in [9.17, 15) is 9.59 Å². The summed E-state index contributed by atoms with van der Waals surface area (Å²) in [5.41, 5.74) is 3.53. The first-order chi connectivity index (χ1) is 14.9. The van der Waals surface area contributed by atoms with Gasteiger partial charge < -0.3 is 10.1 Å². The van der Waals surface area contributed by atoms with Crippen LogP contribution in [-0.2, 0) is 29.7 Å². The number of imide groups is 1. The zero-order valence-electron chi connectivity index (χ0n) is 18.2. The predicted octanol–water partition coefficient (Wildman–Crippen LogP) is 3.60. The van der Waals surface area contributed by atoms with Gasteiger partial charge in [-0.15, -0.1) is 0 Å². The number of fused-ring (bicyclic) bond motifs is 1. The molecule has 2 aromatic rings.